The third kappa shape index (κ3) is 5.06. The number of urea groups is 1. The Morgan fingerprint density at radius 1 is 1.42 bits per heavy atom. The molecule has 0 spiro atoms. The van der Waals surface area contributed by atoms with Gasteiger partial charge in [0.15, 0.2) is 5.82 Å². The SMILES string of the molecule is CCN(CC(C)(C)O)C(=O)NCc1cccc(-c2n[nH]c(C)n2)c1. The average Bonchev–Trinajstić information content (AvgIpc) is 2.96. The molecule has 2 amide bonds. The number of hydrogen-bond donors (Lipinski definition) is 3. The standard InChI is InChI=1S/C17H25N5O2/c1-5-22(11-17(3,4)24)16(23)18-10-13-7-6-8-14(9-13)15-19-12(2)20-21-15/h6-9,24H,5,10-11H2,1-4H3,(H,18,23)(H,19,20,21). The molecule has 0 aliphatic heterocycles. The van der Waals surface area contributed by atoms with Crippen molar-refractivity contribution in [1.82, 2.24) is 25.4 Å². The van der Waals surface area contributed by atoms with E-state index in [1.165, 1.54) is 0 Å². The van der Waals surface area contributed by atoms with E-state index in [1.807, 2.05) is 38.1 Å². The number of hydrogen-bond acceptors (Lipinski definition) is 4. The van der Waals surface area contributed by atoms with Crippen molar-refractivity contribution in [2.45, 2.75) is 39.8 Å². The van der Waals surface area contributed by atoms with Crippen LogP contribution in [0.5, 0.6) is 0 Å². The molecule has 3 N–H and O–H groups in total. The van der Waals surface area contributed by atoms with Gasteiger partial charge in [0.1, 0.15) is 5.82 Å². The number of aromatic nitrogens is 3. The summed E-state index contributed by atoms with van der Waals surface area (Å²) in [6.45, 7) is 8.33. The van der Waals surface area contributed by atoms with E-state index in [1.54, 1.807) is 18.7 Å². The molecule has 7 heteroatoms. The summed E-state index contributed by atoms with van der Waals surface area (Å²) >= 11 is 0. The van der Waals surface area contributed by atoms with Crippen molar-refractivity contribution in [2.75, 3.05) is 13.1 Å². The predicted octanol–water partition coefficient (Wildman–Crippen LogP) is 2.08. The number of rotatable bonds is 6. The van der Waals surface area contributed by atoms with E-state index < -0.39 is 5.60 Å². The zero-order valence-electron chi connectivity index (χ0n) is 14.6. The highest BCUT2D eigenvalue weighted by Crippen LogP contribution is 2.16. The Hall–Kier alpha value is -2.41. The maximum atomic E-state index is 12.3. The van der Waals surface area contributed by atoms with Crippen molar-refractivity contribution >= 4 is 6.03 Å². The molecule has 0 saturated heterocycles. The number of carbonyl (C=O) groups excluding carboxylic acids is 1. The number of amides is 2. The molecule has 0 atom stereocenters. The lowest BCUT2D eigenvalue weighted by Gasteiger charge is -2.28. The smallest absolute Gasteiger partial charge is 0.317 e. The normalized spacial score (nSPS) is 11.4. The van der Waals surface area contributed by atoms with Crippen molar-refractivity contribution in [3.05, 3.63) is 35.7 Å². The van der Waals surface area contributed by atoms with Gasteiger partial charge in [-0.3, -0.25) is 5.10 Å². The van der Waals surface area contributed by atoms with E-state index in [-0.39, 0.29) is 12.6 Å². The molecule has 1 aromatic heterocycles. The zero-order chi connectivity index (χ0) is 17.7. The van der Waals surface area contributed by atoms with Gasteiger partial charge in [0.2, 0.25) is 0 Å². The molecule has 24 heavy (non-hydrogen) atoms. The summed E-state index contributed by atoms with van der Waals surface area (Å²) in [7, 11) is 0. The lowest BCUT2D eigenvalue weighted by Crippen LogP contribution is -2.46. The monoisotopic (exact) mass is 331 g/mol. The van der Waals surface area contributed by atoms with E-state index in [0.29, 0.717) is 18.9 Å². The second kappa shape index (κ2) is 7.44. The minimum Gasteiger partial charge on any atom is -0.389 e. The summed E-state index contributed by atoms with van der Waals surface area (Å²) in [5.74, 6) is 1.40. The highest BCUT2D eigenvalue weighted by molar-refractivity contribution is 5.74. The van der Waals surface area contributed by atoms with Gasteiger partial charge in [0.05, 0.1) is 12.1 Å². The fraction of sp³-hybridized carbons (Fsp3) is 0.471. The lowest BCUT2D eigenvalue weighted by atomic mass is 10.1. The van der Waals surface area contributed by atoms with E-state index in [4.69, 9.17) is 0 Å². The van der Waals surface area contributed by atoms with Gasteiger partial charge in [0, 0.05) is 18.7 Å². The Bertz CT molecular complexity index is 690. The number of likely N-dealkylation sites (N-methyl/N-ethyl adjacent to an activating group) is 1. The van der Waals surface area contributed by atoms with Gasteiger partial charge in [-0.15, -0.1) is 0 Å². The van der Waals surface area contributed by atoms with Crippen LogP contribution in [0.1, 0.15) is 32.2 Å². The summed E-state index contributed by atoms with van der Waals surface area (Å²) < 4.78 is 0. The molecule has 0 aliphatic rings. The Balaban J connectivity index is 2.00. The third-order valence-corrected chi connectivity index (χ3v) is 3.47. The Kier molecular flexibility index (Phi) is 5.56. The van der Waals surface area contributed by atoms with Gasteiger partial charge < -0.3 is 15.3 Å². The fourth-order valence-corrected chi connectivity index (χ4v) is 2.38. The van der Waals surface area contributed by atoms with Gasteiger partial charge in [-0.1, -0.05) is 18.2 Å². The molecule has 1 aromatic carbocycles. The van der Waals surface area contributed by atoms with Crippen molar-refractivity contribution < 1.29 is 9.90 Å². The van der Waals surface area contributed by atoms with Gasteiger partial charge in [0.25, 0.3) is 0 Å². The second-order valence-electron chi connectivity index (χ2n) is 6.43. The summed E-state index contributed by atoms with van der Waals surface area (Å²) in [4.78, 5) is 18.2. The second-order valence-corrected chi connectivity index (χ2v) is 6.43. The predicted molar refractivity (Wildman–Crippen MR) is 92.3 cm³/mol. The number of benzene rings is 1. The highest BCUT2D eigenvalue weighted by Gasteiger charge is 2.21. The van der Waals surface area contributed by atoms with Gasteiger partial charge in [-0.2, -0.15) is 5.10 Å². The molecular formula is C17H25N5O2. The Labute approximate surface area is 142 Å². The number of nitrogens with zero attached hydrogens (tertiary/aromatic N) is 3. The number of aryl methyl sites for hydroxylation is 1. The maximum Gasteiger partial charge on any atom is 0.317 e. The van der Waals surface area contributed by atoms with Crippen molar-refractivity contribution in [2.24, 2.45) is 0 Å². The summed E-state index contributed by atoms with van der Waals surface area (Å²) in [5.41, 5.74) is 0.939. The minimum atomic E-state index is -0.920. The Morgan fingerprint density at radius 2 is 2.17 bits per heavy atom. The largest absolute Gasteiger partial charge is 0.389 e. The first-order valence-corrected chi connectivity index (χ1v) is 8.02. The summed E-state index contributed by atoms with van der Waals surface area (Å²) in [6, 6.07) is 7.54. The Morgan fingerprint density at radius 3 is 2.75 bits per heavy atom. The average molecular weight is 331 g/mol. The maximum absolute atomic E-state index is 12.3. The zero-order valence-corrected chi connectivity index (χ0v) is 14.6. The molecule has 2 rings (SSSR count). The van der Waals surface area contributed by atoms with Crippen LogP contribution in [-0.2, 0) is 6.54 Å². The number of aromatic amines is 1. The number of aliphatic hydroxyl groups is 1. The molecule has 0 unspecified atom stereocenters. The van der Waals surface area contributed by atoms with E-state index in [9.17, 15) is 9.90 Å². The first-order valence-electron chi connectivity index (χ1n) is 8.02. The van der Waals surface area contributed by atoms with Crippen LogP contribution in [-0.4, -0.2) is 49.9 Å². The van der Waals surface area contributed by atoms with Crippen LogP contribution in [0.15, 0.2) is 24.3 Å². The van der Waals surface area contributed by atoms with Gasteiger partial charge in [-0.05, 0) is 39.3 Å². The van der Waals surface area contributed by atoms with Gasteiger partial charge >= 0.3 is 6.03 Å². The highest BCUT2D eigenvalue weighted by atomic mass is 16.3. The molecule has 0 aliphatic carbocycles. The van der Waals surface area contributed by atoms with Crippen LogP contribution in [0.2, 0.25) is 0 Å². The van der Waals surface area contributed by atoms with Crippen LogP contribution in [0, 0.1) is 6.92 Å². The molecule has 7 nitrogen and oxygen atoms in total. The van der Waals surface area contributed by atoms with Crippen LogP contribution >= 0.6 is 0 Å². The topological polar surface area (TPSA) is 94.1 Å². The quantitative estimate of drug-likeness (QED) is 0.755. The van der Waals surface area contributed by atoms with Crippen molar-refractivity contribution in [1.29, 1.82) is 0 Å². The van der Waals surface area contributed by atoms with Crippen LogP contribution in [0.3, 0.4) is 0 Å². The summed E-state index contributed by atoms with van der Waals surface area (Å²) in [5, 5.41) is 19.7. The van der Waals surface area contributed by atoms with E-state index >= 15 is 0 Å². The first kappa shape index (κ1) is 17.9. The fourth-order valence-electron chi connectivity index (χ4n) is 2.38. The molecule has 130 valence electrons. The number of H-pyrrole nitrogens is 1. The van der Waals surface area contributed by atoms with Crippen LogP contribution in [0.25, 0.3) is 11.4 Å². The molecule has 1 heterocycles. The summed E-state index contributed by atoms with van der Waals surface area (Å²) in [6.07, 6.45) is 0. The minimum absolute atomic E-state index is 0.196. The molecule has 0 radical (unpaired) electrons. The molecule has 0 saturated carbocycles. The number of carbonyl (C=O) groups is 1. The molecular weight excluding hydrogens is 306 g/mol. The molecule has 2 aromatic rings. The van der Waals surface area contributed by atoms with Crippen molar-refractivity contribution in [3.63, 3.8) is 0 Å². The van der Waals surface area contributed by atoms with E-state index in [2.05, 4.69) is 20.5 Å². The number of nitrogens with one attached hydrogen (secondary N) is 2. The van der Waals surface area contributed by atoms with Crippen LogP contribution < -0.4 is 5.32 Å². The van der Waals surface area contributed by atoms with Crippen molar-refractivity contribution in [3.8, 4) is 11.4 Å². The molecule has 0 bridgehead atoms. The first-order chi connectivity index (χ1) is 11.3. The van der Waals surface area contributed by atoms with Crippen LogP contribution in [0.4, 0.5) is 4.79 Å². The third-order valence-electron chi connectivity index (χ3n) is 3.47. The molecule has 0 fully saturated rings. The lowest BCUT2D eigenvalue weighted by molar-refractivity contribution is 0.0480. The van der Waals surface area contributed by atoms with E-state index in [0.717, 1.165) is 17.0 Å². The van der Waals surface area contributed by atoms with Gasteiger partial charge in [-0.25, -0.2) is 9.78 Å².